The summed E-state index contributed by atoms with van der Waals surface area (Å²) in [6.07, 6.45) is 3.47. The summed E-state index contributed by atoms with van der Waals surface area (Å²) in [5, 5.41) is 0. The summed E-state index contributed by atoms with van der Waals surface area (Å²) in [4.78, 5) is 15.0. The number of benzene rings is 1. The van der Waals surface area contributed by atoms with E-state index in [1.807, 2.05) is 32.0 Å². The average Bonchev–Trinajstić information content (AvgIpc) is 3.01. The molecular formula is C17H18O2S. The highest BCUT2D eigenvalue weighted by Crippen LogP contribution is 2.33. The number of hydrogen-bond acceptors (Lipinski definition) is 3. The molecule has 3 heteroatoms. The van der Waals surface area contributed by atoms with Gasteiger partial charge in [-0.1, -0.05) is 11.6 Å². The van der Waals surface area contributed by atoms with Crippen molar-refractivity contribution in [2.24, 2.45) is 0 Å². The monoisotopic (exact) mass is 286 g/mol. The SMILES string of the molecule is CCOc1ccc(C)cc1C(=O)c1cc2c(s1)CCC2. The first-order valence-corrected chi connectivity index (χ1v) is 7.90. The maximum absolute atomic E-state index is 12.7. The third-order valence-corrected chi connectivity index (χ3v) is 4.89. The molecule has 1 aromatic carbocycles. The first-order valence-electron chi connectivity index (χ1n) is 7.08. The van der Waals surface area contributed by atoms with E-state index in [0.29, 0.717) is 17.9 Å². The quantitative estimate of drug-likeness (QED) is 0.788. The third-order valence-electron chi connectivity index (χ3n) is 3.65. The molecule has 104 valence electrons. The zero-order valence-corrected chi connectivity index (χ0v) is 12.7. The molecule has 1 aliphatic rings. The Morgan fingerprint density at radius 2 is 2.15 bits per heavy atom. The van der Waals surface area contributed by atoms with E-state index in [2.05, 4.69) is 6.07 Å². The third kappa shape index (κ3) is 2.38. The first-order chi connectivity index (χ1) is 9.69. The number of hydrogen-bond donors (Lipinski definition) is 0. The van der Waals surface area contributed by atoms with Gasteiger partial charge in [0, 0.05) is 4.88 Å². The molecule has 0 N–H and O–H groups in total. The van der Waals surface area contributed by atoms with Crippen molar-refractivity contribution >= 4 is 17.1 Å². The van der Waals surface area contributed by atoms with Gasteiger partial charge in [0.05, 0.1) is 17.0 Å². The van der Waals surface area contributed by atoms with Crippen molar-refractivity contribution in [1.82, 2.24) is 0 Å². The van der Waals surface area contributed by atoms with Crippen molar-refractivity contribution in [3.63, 3.8) is 0 Å². The van der Waals surface area contributed by atoms with Crippen molar-refractivity contribution in [1.29, 1.82) is 0 Å². The Labute approximate surface area is 123 Å². The largest absolute Gasteiger partial charge is 0.493 e. The molecule has 1 aliphatic carbocycles. The van der Waals surface area contributed by atoms with Crippen LogP contribution in [0.4, 0.5) is 0 Å². The van der Waals surface area contributed by atoms with E-state index in [-0.39, 0.29) is 5.78 Å². The highest BCUT2D eigenvalue weighted by atomic mass is 32.1. The van der Waals surface area contributed by atoms with Gasteiger partial charge in [0.2, 0.25) is 5.78 Å². The summed E-state index contributed by atoms with van der Waals surface area (Å²) >= 11 is 1.65. The normalized spacial score (nSPS) is 13.3. The van der Waals surface area contributed by atoms with E-state index in [9.17, 15) is 4.79 Å². The van der Waals surface area contributed by atoms with Gasteiger partial charge in [0.25, 0.3) is 0 Å². The molecule has 0 unspecified atom stereocenters. The van der Waals surface area contributed by atoms with Crippen LogP contribution in [0.3, 0.4) is 0 Å². The van der Waals surface area contributed by atoms with Crippen LogP contribution in [-0.4, -0.2) is 12.4 Å². The topological polar surface area (TPSA) is 26.3 Å². The molecule has 3 rings (SSSR count). The van der Waals surface area contributed by atoms with Gasteiger partial charge in [0.1, 0.15) is 5.75 Å². The number of ether oxygens (including phenoxy) is 1. The van der Waals surface area contributed by atoms with E-state index in [4.69, 9.17) is 4.74 Å². The van der Waals surface area contributed by atoms with Crippen LogP contribution in [0.1, 0.15) is 44.6 Å². The lowest BCUT2D eigenvalue weighted by atomic mass is 10.0. The molecule has 0 saturated carbocycles. The van der Waals surface area contributed by atoms with Crippen LogP contribution in [0.15, 0.2) is 24.3 Å². The Morgan fingerprint density at radius 3 is 2.90 bits per heavy atom. The molecule has 1 heterocycles. The van der Waals surface area contributed by atoms with E-state index < -0.39 is 0 Å². The summed E-state index contributed by atoms with van der Waals surface area (Å²) in [6, 6.07) is 7.88. The van der Waals surface area contributed by atoms with Gasteiger partial charge < -0.3 is 4.74 Å². The molecule has 0 aliphatic heterocycles. The Morgan fingerprint density at radius 1 is 1.30 bits per heavy atom. The fourth-order valence-electron chi connectivity index (χ4n) is 2.68. The van der Waals surface area contributed by atoms with Crippen molar-refractivity contribution in [3.8, 4) is 5.75 Å². The Bertz CT molecular complexity index is 634. The Balaban J connectivity index is 1.98. The lowest BCUT2D eigenvalue weighted by Crippen LogP contribution is -2.04. The molecule has 0 atom stereocenters. The predicted molar refractivity (Wildman–Crippen MR) is 82.1 cm³/mol. The van der Waals surface area contributed by atoms with Crippen molar-refractivity contribution < 1.29 is 9.53 Å². The lowest BCUT2D eigenvalue weighted by molar-refractivity contribution is 0.103. The summed E-state index contributed by atoms with van der Waals surface area (Å²) in [5.74, 6) is 0.785. The molecule has 20 heavy (non-hydrogen) atoms. The smallest absolute Gasteiger partial charge is 0.206 e. The van der Waals surface area contributed by atoms with E-state index in [1.54, 1.807) is 11.3 Å². The second-order valence-corrected chi connectivity index (χ2v) is 6.31. The van der Waals surface area contributed by atoms with Gasteiger partial charge in [0.15, 0.2) is 0 Å². The van der Waals surface area contributed by atoms with Gasteiger partial charge in [-0.25, -0.2) is 0 Å². The lowest BCUT2D eigenvalue weighted by Gasteiger charge is -2.09. The fourth-order valence-corrected chi connectivity index (χ4v) is 3.88. The van der Waals surface area contributed by atoms with Gasteiger partial charge in [-0.2, -0.15) is 0 Å². The highest BCUT2D eigenvalue weighted by molar-refractivity contribution is 7.14. The van der Waals surface area contributed by atoms with Gasteiger partial charge in [-0.15, -0.1) is 11.3 Å². The van der Waals surface area contributed by atoms with Gasteiger partial charge in [-0.3, -0.25) is 4.79 Å². The minimum Gasteiger partial charge on any atom is -0.493 e. The summed E-state index contributed by atoms with van der Waals surface area (Å²) < 4.78 is 5.60. The molecule has 0 radical (unpaired) electrons. The minimum absolute atomic E-state index is 0.0940. The zero-order valence-electron chi connectivity index (χ0n) is 11.9. The van der Waals surface area contributed by atoms with Gasteiger partial charge in [-0.05, 0) is 56.9 Å². The van der Waals surface area contributed by atoms with Crippen molar-refractivity contribution in [3.05, 3.63) is 50.7 Å². The zero-order chi connectivity index (χ0) is 14.1. The van der Waals surface area contributed by atoms with Crippen LogP contribution in [0.5, 0.6) is 5.75 Å². The van der Waals surface area contributed by atoms with Crippen LogP contribution in [0, 0.1) is 6.92 Å². The number of carbonyl (C=O) groups excluding carboxylic acids is 1. The first kappa shape index (κ1) is 13.4. The summed E-state index contributed by atoms with van der Waals surface area (Å²) in [5.41, 5.74) is 3.14. The van der Waals surface area contributed by atoms with E-state index in [1.165, 1.54) is 16.9 Å². The summed E-state index contributed by atoms with van der Waals surface area (Å²) in [7, 11) is 0. The highest BCUT2D eigenvalue weighted by Gasteiger charge is 2.21. The number of thiophene rings is 1. The molecule has 0 bridgehead atoms. The number of fused-ring (bicyclic) bond motifs is 1. The van der Waals surface area contributed by atoms with E-state index in [0.717, 1.165) is 23.3 Å². The van der Waals surface area contributed by atoms with Crippen LogP contribution in [0.2, 0.25) is 0 Å². The van der Waals surface area contributed by atoms with Crippen molar-refractivity contribution in [2.45, 2.75) is 33.1 Å². The number of ketones is 1. The van der Waals surface area contributed by atoms with Crippen LogP contribution < -0.4 is 4.74 Å². The molecule has 0 fully saturated rings. The predicted octanol–water partition coefficient (Wildman–Crippen LogP) is 4.17. The van der Waals surface area contributed by atoms with Crippen molar-refractivity contribution in [2.75, 3.05) is 6.61 Å². The fraction of sp³-hybridized carbons (Fsp3) is 0.353. The molecule has 2 aromatic rings. The number of rotatable bonds is 4. The van der Waals surface area contributed by atoms with Crippen LogP contribution in [0.25, 0.3) is 0 Å². The average molecular weight is 286 g/mol. The summed E-state index contributed by atoms with van der Waals surface area (Å²) in [6.45, 7) is 4.51. The molecule has 1 aromatic heterocycles. The standard InChI is InChI=1S/C17H18O2S/c1-3-19-14-8-7-11(2)9-13(14)17(18)16-10-12-5-4-6-15(12)20-16/h7-10H,3-6H2,1-2H3. The molecule has 0 spiro atoms. The molecular weight excluding hydrogens is 268 g/mol. The molecule has 0 amide bonds. The van der Waals surface area contributed by atoms with E-state index >= 15 is 0 Å². The Kier molecular flexibility index (Phi) is 3.62. The minimum atomic E-state index is 0.0940. The maximum atomic E-state index is 12.7. The molecule has 2 nitrogen and oxygen atoms in total. The van der Waals surface area contributed by atoms with Crippen LogP contribution in [-0.2, 0) is 12.8 Å². The van der Waals surface area contributed by atoms with Crippen LogP contribution >= 0.6 is 11.3 Å². The van der Waals surface area contributed by atoms with Gasteiger partial charge >= 0.3 is 0 Å². The number of aryl methyl sites for hydroxylation is 3. The second-order valence-electron chi connectivity index (χ2n) is 5.17. The molecule has 0 saturated heterocycles. The second kappa shape index (κ2) is 5.41. The Hall–Kier alpha value is -1.61. The maximum Gasteiger partial charge on any atom is 0.206 e. The number of carbonyl (C=O) groups is 1.